The fourth-order valence-electron chi connectivity index (χ4n) is 5.12. The summed E-state index contributed by atoms with van der Waals surface area (Å²) in [6, 6.07) is 0. The molecule has 1 aliphatic heterocycles. The summed E-state index contributed by atoms with van der Waals surface area (Å²) in [4.78, 5) is 37.3. The van der Waals surface area contributed by atoms with Gasteiger partial charge in [-0.25, -0.2) is 0 Å². The third kappa shape index (κ3) is 10.5. The number of carbonyl (C=O) groups excluding carboxylic acids is 3. The maximum atomic E-state index is 13.1. The second kappa shape index (κ2) is 17.8. The summed E-state index contributed by atoms with van der Waals surface area (Å²) in [5, 5.41) is 0. The number of hydrogen-bond acceptors (Lipinski definition) is 5. The van der Waals surface area contributed by atoms with Gasteiger partial charge in [-0.1, -0.05) is 105 Å². The zero-order valence-corrected chi connectivity index (χ0v) is 23.1. The molecule has 1 fully saturated rings. The summed E-state index contributed by atoms with van der Waals surface area (Å²) in [7, 11) is 0. The predicted octanol–water partition coefficient (Wildman–Crippen LogP) is 7.01. The van der Waals surface area contributed by atoms with Crippen molar-refractivity contribution in [2.45, 2.75) is 155 Å². The number of carbonyl (C=O) groups is 3. The van der Waals surface area contributed by atoms with Gasteiger partial charge in [-0.3, -0.25) is 14.4 Å². The monoisotopic (exact) mass is 495 g/mol. The Morgan fingerprint density at radius 3 is 1.86 bits per heavy atom. The number of nitrogens with two attached hydrogens (primary N) is 1. The number of cyclic esters (lactones) is 1. The van der Waals surface area contributed by atoms with Crippen LogP contribution in [0.1, 0.15) is 143 Å². The molecule has 0 aliphatic carbocycles. The van der Waals surface area contributed by atoms with Crippen LogP contribution in [0.5, 0.6) is 0 Å². The summed E-state index contributed by atoms with van der Waals surface area (Å²) in [6.45, 7) is 8.00. The predicted molar refractivity (Wildman–Crippen MR) is 141 cm³/mol. The SMILES string of the molecule is CCCCCCCCCCC[C@@H](C[C@@H]1OC(=O)[C@H]1CCCCCC)OC(=O)C(CC)(CC)C(N)=O. The summed E-state index contributed by atoms with van der Waals surface area (Å²) >= 11 is 0. The van der Waals surface area contributed by atoms with Crippen LogP contribution in [0, 0.1) is 11.3 Å². The van der Waals surface area contributed by atoms with Gasteiger partial charge in [-0.05, 0) is 32.1 Å². The van der Waals surface area contributed by atoms with E-state index in [4.69, 9.17) is 15.2 Å². The maximum absolute atomic E-state index is 13.1. The minimum atomic E-state index is -1.29. The van der Waals surface area contributed by atoms with E-state index in [1.165, 1.54) is 51.4 Å². The Morgan fingerprint density at radius 1 is 0.857 bits per heavy atom. The smallest absolute Gasteiger partial charge is 0.321 e. The highest BCUT2D eigenvalue weighted by molar-refractivity contribution is 6.01. The van der Waals surface area contributed by atoms with Crippen molar-refractivity contribution in [3.8, 4) is 0 Å². The Bertz CT molecular complexity index is 616. The summed E-state index contributed by atoms with van der Waals surface area (Å²) in [6.07, 6.45) is 17.6. The van der Waals surface area contributed by atoms with Crippen LogP contribution >= 0.6 is 0 Å². The third-order valence-corrected chi connectivity index (χ3v) is 7.86. The van der Waals surface area contributed by atoms with Crippen LogP contribution in [-0.2, 0) is 23.9 Å². The summed E-state index contributed by atoms with van der Waals surface area (Å²) in [5.74, 6) is -1.39. The Hall–Kier alpha value is -1.59. The van der Waals surface area contributed by atoms with Crippen molar-refractivity contribution in [3.05, 3.63) is 0 Å². The molecule has 1 aliphatic rings. The van der Waals surface area contributed by atoms with Crippen LogP contribution in [0.4, 0.5) is 0 Å². The molecule has 1 heterocycles. The Kier molecular flexibility index (Phi) is 16.0. The fraction of sp³-hybridized carbons (Fsp3) is 0.897. The first-order valence-electron chi connectivity index (χ1n) is 14.6. The van der Waals surface area contributed by atoms with E-state index in [0.717, 1.165) is 44.9 Å². The topological polar surface area (TPSA) is 95.7 Å². The molecule has 0 bridgehead atoms. The van der Waals surface area contributed by atoms with E-state index >= 15 is 0 Å². The molecular formula is C29H53NO5. The van der Waals surface area contributed by atoms with E-state index in [-0.39, 0.29) is 24.1 Å². The summed E-state index contributed by atoms with van der Waals surface area (Å²) < 4.78 is 11.4. The molecule has 1 amide bonds. The van der Waals surface area contributed by atoms with Crippen molar-refractivity contribution in [2.75, 3.05) is 0 Å². The first-order chi connectivity index (χ1) is 16.9. The van der Waals surface area contributed by atoms with Gasteiger partial charge in [-0.2, -0.15) is 0 Å². The van der Waals surface area contributed by atoms with E-state index in [2.05, 4.69) is 13.8 Å². The minimum absolute atomic E-state index is 0.102. The van der Waals surface area contributed by atoms with Crippen molar-refractivity contribution in [3.63, 3.8) is 0 Å². The number of ether oxygens (including phenoxy) is 2. The lowest BCUT2D eigenvalue weighted by Gasteiger charge is -2.38. The Labute approximate surface area is 214 Å². The molecule has 6 heteroatoms. The molecule has 35 heavy (non-hydrogen) atoms. The normalized spacial score (nSPS) is 18.6. The number of hydrogen-bond donors (Lipinski definition) is 1. The number of amides is 1. The minimum Gasteiger partial charge on any atom is -0.461 e. The molecule has 0 aromatic carbocycles. The average molecular weight is 496 g/mol. The lowest BCUT2D eigenvalue weighted by molar-refractivity contribution is -0.191. The van der Waals surface area contributed by atoms with Gasteiger partial charge >= 0.3 is 11.9 Å². The van der Waals surface area contributed by atoms with Gasteiger partial charge < -0.3 is 15.2 Å². The molecule has 2 N–H and O–H groups in total. The fourth-order valence-corrected chi connectivity index (χ4v) is 5.12. The van der Waals surface area contributed by atoms with Gasteiger partial charge in [0, 0.05) is 6.42 Å². The van der Waals surface area contributed by atoms with Crippen molar-refractivity contribution in [2.24, 2.45) is 17.1 Å². The molecule has 0 aromatic heterocycles. The number of esters is 2. The van der Waals surface area contributed by atoms with Gasteiger partial charge in [0.1, 0.15) is 17.6 Å². The third-order valence-electron chi connectivity index (χ3n) is 7.86. The molecule has 6 nitrogen and oxygen atoms in total. The van der Waals surface area contributed by atoms with E-state index in [9.17, 15) is 14.4 Å². The molecule has 1 saturated heterocycles. The maximum Gasteiger partial charge on any atom is 0.321 e. The Morgan fingerprint density at radius 2 is 1.37 bits per heavy atom. The molecule has 0 spiro atoms. The van der Waals surface area contributed by atoms with Crippen molar-refractivity contribution in [1.29, 1.82) is 0 Å². The standard InChI is InChI=1S/C29H53NO5/c1-5-9-11-13-14-15-16-17-18-20-23(34-28(33)29(7-3,8-4)27(30)32)22-25-24(26(31)35-25)21-19-12-10-6-2/h23-25H,5-22H2,1-4H3,(H2,30,32)/t23-,24-,25-/m0/s1. The second-order valence-corrected chi connectivity index (χ2v) is 10.5. The zero-order chi connectivity index (χ0) is 26.1. The van der Waals surface area contributed by atoms with Crippen LogP contribution in [0.2, 0.25) is 0 Å². The van der Waals surface area contributed by atoms with Crippen LogP contribution in [0.25, 0.3) is 0 Å². The molecular weight excluding hydrogens is 442 g/mol. The van der Waals surface area contributed by atoms with Crippen LogP contribution in [-0.4, -0.2) is 30.1 Å². The van der Waals surface area contributed by atoms with E-state index in [1.807, 2.05) is 0 Å². The van der Waals surface area contributed by atoms with Crippen LogP contribution < -0.4 is 5.73 Å². The van der Waals surface area contributed by atoms with E-state index < -0.39 is 17.3 Å². The molecule has 0 saturated carbocycles. The lowest BCUT2D eigenvalue weighted by atomic mass is 9.81. The molecule has 3 atom stereocenters. The first-order valence-corrected chi connectivity index (χ1v) is 14.6. The zero-order valence-electron chi connectivity index (χ0n) is 23.1. The van der Waals surface area contributed by atoms with Crippen molar-refractivity contribution < 1.29 is 23.9 Å². The molecule has 0 unspecified atom stereocenters. The van der Waals surface area contributed by atoms with Crippen LogP contribution in [0.3, 0.4) is 0 Å². The van der Waals surface area contributed by atoms with Gasteiger partial charge in [0.15, 0.2) is 0 Å². The van der Waals surface area contributed by atoms with Gasteiger partial charge in [0.05, 0.1) is 5.92 Å². The molecule has 0 radical (unpaired) electrons. The number of primary amides is 1. The highest BCUT2D eigenvalue weighted by Crippen LogP contribution is 2.34. The van der Waals surface area contributed by atoms with Crippen molar-refractivity contribution in [1.82, 2.24) is 0 Å². The van der Waals surface area contributed by atoms with E-state index in [0.29, 0.717) is 19.3 Å². The molecule has 1 rings (SSSR count). The van der Waals surface area contributed by atoms with Gasteiger partial charge in [0.2, 0.25) is 5.91 Å². The largest absolute Gasteiger partial charge is 0.461 e. The lowest BCUT2D eigenvalue weighted by Crippen LogP contribution is -2.49. The molecule has 0 aromatic rings. The second-order valence-electron chi connectivity index (χ2n) is 10.5. The van der Waals surface area contributed by atoms with E-state index in [1.54, 1.807) is 13.8 Å². The van der Waals surface area contributed by atoms with Crippen molar-refractivity contribution >= 4 is 17.8 Å². The first kappa shape index (κ1) is 31.4. The highest BCUT2D eigenvalue weighted by Gasteiger charge is 2.46. The Balaban J connectivity index is 2.65. The quantitative estimate of drug-likeness (QED) is 0.0989. The summed E-state index contributed by atoms with van der Waals surface area (Å²) in [5.41, 5.74) is 4.33. The van der Waals surface area contributed by atoms with Gasteiger partial charge in [-0.15, -0.1) is 0 Å². The molecule has 204 valence electrons. The average Bonchev–Trinajstić information content (AvgIpc) is 2.83. The number of rotatable bonds is 22. The number of unbranched alkanes of at least 4 members (excludes halogenated alkanes) is 11. The highest BCUT2D eigenvalue weighted by atomic mass is 16.6. The van der Waals surface area contributed by atoms with Gasteiger partial charge in [0.25, 0.3) is 0 Å². The van der Waals surface area contributed by atoms with Crippen LogP contribution in [0.15, 0.2) is 0 Å².